The van der Waals surface area contributed by atoms with Crippen LogP contribution in [-0.2, 0) is 4.43 Å². The van der Waals surface area contributed by atoms with E-state index < -0.39 is 6.94 Å². The van der Waals surface area contributed by atoms with Crippen molar-refractivity contribution < 1.29 is 4.43 Å². The molecule has 0 amide bonds. The van der Waals surface area contributed by atoms with Gasteiger partial charge in [0, 0.05) is 0 Å². The molecule has 0 aliphatic rings. The lowest BCUT2D eigenvalue weighted by Gasteiger charge is -2.28. The molecule has 0 heterocycles. The molecule has 0 aromatic carbocycles. The van der Waals surface area contributed by atoms with Crippen molar-refractivity contribution in [3.8, 4) is 0 Å². The van der Waals surface area contributed by atoms with Crippen LogP contribution in [0, 0.1) is 0 Å². The quantitative estimate of drug-likeness (QED) is 0.377. The Kier molecular flexibility index (Phi) is 6.71. The van der Waals surface area contributed by atoms with Gasteiger partial charge in [-0.15, -0.1) is 22.2 Å². The SMILES string of the molecule is CCCCCC[Si](Cl)(Cl)OC(C)(C)C. The number of hydrogen-bond donors (Lipinski definition) is 0. The first kappa shape index (κ1) is 14.8. The van der Waals surface area contributed by atoms with E-state index >= 15 is 0 Å². The highest BCUT2D eigenvalue weighted by molar-refractivity contribution is 7.42. The smallest absolute Gasteiger partial charge is 0.387 e. The normalized spacial score (nSPS) is 13.3. The third-order valence-corrected chi connectivity index (χ3v) is 5.22. The molecule has 0 bridgehead atoms. The van der Waals surface area contributed by atoms with E-state index in [-0.39, 0.29) is 5.60 Å². The Morgan fingerprint density at radius 2 is 1.64 bits per heavy atom. The van der Waals surface area contributed by atoms with Gasteiger partial charge >= 0.3 is 6.94 Å². The molecule has 0 aromatic rings. The van der Waals surface area contributed by atoms with Gasteiger partial charge < -0.3 is 4.43 Å². The molecule has 0 aliphatic carbocycles. The van der Waals surface area contributed by atoms with Crippen LogP contribution >= 0.6 is 22.2 Å². The van der Waals surface area contributed by atoms with Gasteiger partial charge in [0.1, 0.15) is 0 Å². The standard InChI is InChI=1S/C10H22Cl2OSi/c1-5-6-7-8-9-14(11,12)13-10(2,3)4/h5-9H2,1-4H3. The largest absolute Gasteiger partial charge is 0.389 e. The maximum atomic E-state index is 6.18. The maximum Gasteiger partial charge on any atom is 0.389 e. The van der Waals surface area contributed by atoms with Crippen LogP contribution in [0.2, 0.25) is 6.04 Å². The Morgan fingerprint density at radius 3 is 2.07 bits per heavy atom. The van der Waals surface area contributed by atoms with Gasteiger partial charge in [0.15, 0.2) is 0 Å². The number of halogens is 2. The van der Waals surface area contributed by atoms with E-state index in [2.05, 4.69) is 6.92 Å². The van der Waals surface area contributed by atoms with Gasteiger partial charge in [-0.25, -0.2) is 0 Å². The zero-order chi connectivity index (χ0) is 11.2. The average molecular weight is 257 g/mol. The molecule has 0 atom stereocenters. The summed E-state index contributed by atoms with van der Waals surface area (Å²) in [5.74, 6) is 0. The van der Waals surface area contributed by atoms with Gasteiger partial charge in [0.2, 0.25) is 0 Å². The molecule has 0 unspecified atom stereocenters. The molecule has 0 spiro atoms. The molecule has 14 heavy (non-hydrogen) atoms. The van der Waals surface area contributed by atoms with Crippen LogP contribution in [0.25, 0.3) is 0 Å². The zero-order valence-corrected chi connectivity index (χ0v) is 12.2. The van der Waals surface area contributed by atoms with Crippen molar-refractivity contribution in [1.82, 2.24) is 0 Å². The number of rotatable bonds is 6. The summed E-state index contributed by atoms with van der Waals surface area (Å²) >= 11 is 12.4. The molecule has 0 N–H and O–H groups in total. The van der Waals surface area contributed by atoms with Crippen molar-refractivity contribution in [2.75, 3.05) is 0 Å². The minimum Gasteiger partial charge on any atom is -0.387 e. The minimum absolute atomic E-state index is 0.222. The van der Waals surface area contributed by atoms with Crippen LogP contribution in [0.15, 0.2) is 0 Å². The predicted molar refractivity (Wildman–Crippen MR) is 67.2 cm³/mol. The fourth-order valence-electron chi connectivity index (χ4n) is 1.26. The highest BCUT2D eigenvalue weighted by Crippen LogP contribution is 2.29. The molecule has 0 radical (unpaired) electrons. The molecule has 4 heteroatoms. The summed E-state index contributed by atoms with van der Waals surface area (Å²) in [5, 5.41) is 0. The number of unbranched alkanes of at least 4 members (excludes halogenated alkanes) is 3. The molecular formula is C10H22Cl2OSi. The molecule has 86 valence electrons. The van der Waals surface area contributed by atoms with Crippen molar-refractivity contribution in [2.24, 2.45) is 0 Å². The van der Waals surface area contributed by atoms with Crippen molar-refractivity contribution in [3.05, 3.63) is 0 Å². The molecular weight excluding hydrogens is 235 g/mol. The van der Waals surface area contributed by atoms with E-state index in [1.807, 2.05) is 20.8 Å². The topological polar surface area (TPSA) is 9.23 Å². The zero-order valence-electron chi connectivity index (χ0n) is 9.70. The van der Waals surface area contributed by atoms with E-state index in [1.54, 1.807) is 0 Å². The Balaban J connectivity index is 3.72. The minimum atomic E-state index is -2.44. The Labute approximate surface area is 98.7 Å². The van der Waals surface area contributed by atoms with E-state index in [4.69, 9.17) is 26.6 Å². The van der Waals surface area contributed by atoms with E-state index in [1.165, 1.54) is 19.3 Å². The van der Waals surface area contributed by atoms with Gasteiger partial charge in [-0.2, -0.15) is 0 Å². The van der Waals surface area contributed by atoms with Gasteiger partial charge in [0.25, 0.3) is 0 Å². The van der Waals surface area contributed by atoms with E-state index in [9.17, 15) is 0 Å². The highest BCUT2D eigenvalue weighted by atomic mass is 35.7. The summed E-state index contributed by atoms with van der Waals surface area (Å²) in [5.41, 5.74) is -0.222. The van der Waals surface area contributed by atoms with Crippen LogP contribution in [0.3, 0.4) is 0 Å². The molecule has 0 saturated carbocycles. The fraction of sp³-hybridized carbons (Fsp3) is 1.00. The summed E-state index contributed by atoms with van der Waals surface area (Å²) < 4.78 is 5.68. The second-order valence-corrected chi connectivity index (χ2v) is 10.9. The second-order valence-electron chi connectivity index (χ2n) is 4.66. The third-order valence-electron chi connectivity index (χ3n) is 1.78. The Hall–Kier alpha value is 0.757. The van der Waals surface area contributed by atoms with E-state index in [0.717, 1.165) is 12.5 Å². The van der Waals surface area contributed by atoms with Crippen LogP contribution < -0.4 is 0 Å². The Bertz CT molecular complexity index is 155. The highest BCUT2D eigenvalue weighted by Gasteiger charge is 2.34. The van der Waals surface area contributed by atoms with Gasteiger partial charge in [-0.3, -0.25) is 0 Å². The summed E-state index contributed by atoms with van der Waals surface area (Å²) in [7, 11) is 0. The van der Waals surface area contributed by atoms with Crippen molar-refractivity contribution >= 4 is 29.1 Å². The summed E-state index contributed by atoms with van der Waals surface area (Å²) in [6.45, 7) is 5.72. The number of hydrogen-bond acceptors (Lipinski definition) is 1. The van der Waals surface area contributed by atoms with Crippen LogP contribution in [-0.4, -0.2) is 12.5 Å². The monoisotopic (exact) mass is 256 g/mol. The van der Waals surface area contributed by atoms with Gasteiger partial charge in [0.05, 0.1) is 5.60 Å². The van der Waals surface area contributed by atoms with Gasteiger partial charge in [-0.05, 0) is 26.8 Å². The predicted octanol–water partition coefficient (Wildman–Crippen LogP) is 4.80. The lowest BCUT2D eigenvalue weighted by Crippen LogP contribution is -2.35. The second kappa shape index (κ2) is 6.36. The Morgan fingerprint density at radius 1 is 1.07 bits per heavy atom. The summed E-state index contributed by atoms with van der Waals surface area (Å²) in [6, 6.07) is 0.841. The van der Waals surface area contributed by atoms with Crippen LogP contribution in [0.4, 0.5) is 0 Å². The average Bonchev–Trinajstić information content (AvgIpc) is 1.93. The first-order valence-electron chi connectivity index (χ1n) is 5.35. The maximum absolute atomic E-state index is 6.18. The van der Waals surface area contributed by atoms with Crippen molar-refractivity contribution in [3.63, 3.8) is 0 Å². The molecule has 0 fully saturated rings. The van der Waals surface area contributed by atoms with Crippen LogP contribution in [0.1, 0.15) is 53.4 Å². The fourth-order valence-corrected chi connectivity index (χ4v) is 5.11. The first-order valence-corrected chi connectivity index (χ1v) is 9.49. The molecule has 0 saturated heterocycles. The molecule has 0 rings (SSSR count). The van der Waals surface area contributed by atoms with Crippen LogP contribution in [0.5, 0.6) is 0 Å². The first-order chi connectivity index (χ1) is 6.27. The van der Waals surface area contributed by atoms with Gasteiger partial charge in [-0.1, -0.05) is 32.6 Å². The lowest BCUT2D eigenvalue weighted by atomic mass is 10.2. The summed E-state index contributed by atoms with van der Waals surface area (Å²) in [4.78, 5) is 0. The van der Waals surface area contributed by atoms with Crippen molar-refractivity contribution in [1.29, 1.82) is 0 Å². The molecule has 0 aliphatic heterocycles. The third kappa shape index (κ3) is 9.32. The molecule has 0 aromatic heterocycles. The lowest BCUT2D eigenvalue weighted by molar-refractivity contribution is 0.130. The molecule has 1 nitrogen and oxygen atoms in total. The van der Waals surface area contributed by atoms with Crippen molar-refractivity contribution in [2.45, 2.75) is 65.0 Å². The van der Waals surface area contributed by atoms with E-state index in [0.29, 0.717) is 0 Å². The summed E-state index contributed by atoms with van der Waals surface area (Å²) in [6.07, 6.45) is 4.79.